The number of ether oxygens (including phenoxy) is 1. The highest BCUT2D eigenvalue weighted by Crippen LogP contribution is 2.25. The molecule has 3 rings (SSSR count). The number of aromatic nitrogens is 3. The fraction of sp³-hybridized carbons (Fsp3) is 0.500. The second-order valence-corrected chi connectivity index (χ2v) is 5.58. The molecule has 0 saturated carbocycles. The fourth-order valence-corrected chi connectivity index (χ4v) is 2.97. The van der Waals surface area contributed by atoms with E-state index in [0.717, 1.165) is 37.4 Å². The van der Waals surface area contributed by atoms with Crippen molar-refractivity contribution < 1.29 is 4.74 Å². The number of hydrogen-bond acceptors (Lipinski definition) is 4. The average Bonchev–Trinajstić information content (AvgIpc) is 2.92. The van der Waals surface area contributed by atoms with E-state index in [-0.39, 0.29) is 0 Å². The molecule has 1 heterocycles. The number of hydrogen-bond donors (Lipinski definition) is 1. The van der Waals surface area contributed by atoms with Gasteiger partial charge in [-0.15, -0.1) is 0 Å². The molecule has 0 bridgehead atoms. The number of benzene rings is 1. The lowest BCUT2D eigenvalue weighted by Crippen LogP contribution is -2.36. The van der Waals surface area contributed by atoms with Crippen LogP contribution in [-0.2, 0) is 26.3 Å². The van der Waals surface area contributed by atoms with Gasteiger partial charge >= 0.3 is 0 Å². The first-order chi connectivity index (χ1) is 10.3. The van der Waals surface area contributed by atoms with Gasteiger partial charge in [-0.2, -0.15) is 5.10 Å². The van der Waals surface area contributed by atoms with Crippen molar-refractivity contribution in [2.75, 3.05) is 13.7 Å². The van der Waals surface area contributed by atoms with Crippen LogP contribution < -0.4 is 10.1 Å². The van der Waals surface area contributed by atoms with Gasteiger partial charge in [-0.05, 0) is 42.5 Å². The van der Waals surface area contributed by atoms with Crippen molar-refractivity contribution in [1.29, 1.82) is 0 Å². The minimum atomic E-state index is 0.540. The van der Waals surface area contributed by atoms with E-state index in [0.29, 0.717) is 6.04 Å². The Balaban J connectivity index is 1.55. The Morgan fingerprint density at radius 1 is 1.38 bits per heavy atom. The normalized spacial score (nSPS) is 17.5. The number of nitrogens with one attached hydrogen (secondary N) is 1. The van der Waals surface area contributed by atoms with Gasteiger partial charge in [0.05, 0.1) is 7.11 Å². The third kappa shape index (κ3) is 3.24. The highest BCUT2D eigenvalue weighted by molar-refractivity contribution is 5.37. The molecule has 0 aliphatic heterocycles. The molecular formula is C16H22N4O. The van der Waals surface area contributed by atoms with Crippen LogP contribution in [0.25, 0.3) is 0 Å². The van der Waals surface area contributed by atoms with E-state index in [1.807, 2.05) is 11.7 Å². The largest absolute Gasteiger partial charge is 0.497 e. The molecule has 0 radical (unpaired) electrons. The lowest BCUT2D eigenvalue weighted by Gasteiger charge is -2.26. The second-order valence-electron chi connectivity index (χ2n) is 5.58. The van der Waals surface area contributed by atoms with Gasteiger partial charge in [-0.1, -0.05) is 6.07 Å². The average molecular weight is 286 g/mol. The SMILES string of the molecule is COc1ccc2c(c1)CC(NCCc1ncnn1C)CC2. The van der Waals surface area contributed by atoms with Gasteiger partial charge < -0.3 is 10.1 Å². The summed E-state index contributed by atoms with van der Waals surface area (Å²) in [5.74, 6) is 1.98. The van der Waals surface area contributed by atoms with Crippen LogP contribution in [0.1, 0.15) is 23.4 Å². The first-order valence-corrected chi connectivity index (χ1v) is 7.48. The Bertz CT molecular complexity index is 608. The summed E-state index contributed by atoms with van der Waals surface area (Å²) < 4.78 is 7.16. The molecule has 1 unspecified atom stereocenters. The summed E-state index contributed by atoms with van der Waals surface area (Å²) in [5.41, 5.74) is 2.87. The van der Waals surface area contributed by atoms with E-state index in [2.05, 4.69) is 33.6 Å². The number of nitrogens with zero attached hydrogens (tertiary/aromatic N) is 3. The smallest absolute Gasteiger partial charge is 0.138 e. The van der Waals surface area contributed by atoms with Gasteiger partial charge in [0.1, 0.15) is 17.9 Å². The van der Waals surface area contributed by atoms with Gasteiger partial charge in [0, 0.05) is 26.1 Å². The molecule has 1 aliphatic carbocycles. The van der Waals surface area contributed by atoms with Crippen LogP contribution in [0.3, 0.4) is 0 Å². The maximum absolute atomic E-state index is 5.32. The second kappa shape index (κ2) is 6.26. The first kappa shape index (κ1) is 14.1. The van der Waals surface area contributed by atoms with Crippen molar-refractivity contribution in [3.63, 3.8) is 0 Å². The van der Waals surface area contributed by atoms with Crippen molar-refractivity contribution in [3.8, 4) is 5.75 Å². The predicted octanol–water partition coefficient (Wildman–Crippen LogP) is 1.51. The van der Waals surface area contributed by atoms with Gasteiger partial charge in [-0.3, -0.25) is 4.68 Å². The van der Waals surface area contributed by atoms with Crippen LogP contribution in [0.5, 0.6) is 5.75 Å². The van der Waals surface area contributed by atoms with Crippen LogP contribution in [-0.4, -0.2) is 34.5 Å². The number of aryl methyl sites for hydroxylation is 2. The minimum Gasteiger partial charge on any atom is -0.497 e. The number of fused-ring (bicyclic) bond motifs is 1. The van der Waals surface area contributed by atoms with Crippen molar-refractivity contribution in [2.24, 2.45) is 7.05 Å². The monoisotopic (exact) mass is 286 g/mol. The lowest BCUT2D eigenvalue weighted by molar-refractivity contribution is 0.411. The molecule has 5 heteroatoms. The highest BCUT2D eigenvalue weighted by Gasteiger charge is 2.18. The summed E-state index contributed by atoms with van der Waals surface area (Å²) in [5, 5.41) is 7.74. The first-order valence-electron chi connectivity index (χ1n) is 7.48. The van der Waals surface area contributed by atoms with E-state index in [4.69, 9.17) is 4.74 Å². The summed E-state index contributed by atoms with van der Waals surface area (Å²) in [4.78, 5) is 4.25. The van der Waals surface area contributed by atoms with E-state index in [1.54, 1.807) is 13.4 Å². The summed E-state index contributed by atoms with van der Waals surface area (Å²) in [6.07, 6.45) is 5.93. The number of rotatable bonds is 5. The van der Waals surface area contributed by atoms with Crippen molar-refractivity contribution in [2.45, 2.75) is 31.7 Å². The molecule has 0 spiro atoms. The molecule has 1 aliphatic rings. The molecule has 112 valence electrons. The van der Waals surface area contributed by atoms with Gasteiger partial charge in [0.15, 0.2) is 0 Å². The molecular weight excluding hydrogens is 264 g/mol. The molecule has 1 aromatic carbocycles. The third-order valence-electron chi connectivity index (χ3n) is 4.23. The zero-order chi connectivity index (χ0) is 14.7. The molecule has 1 atom stereocenters. The van der Waals surface area contributed by atoms with Crippen LogP contribution in [0.4, 0.5) is 0 Å². The third-order valence-corrected chi connectivity index (χ3v) is 4.23. The zero-order valence-corrected chi connectivity index (χ0v) is 12.7. The summed E-state index contributed by atoms with van der Waals surface area (Å²) in [6.45, 7) is 0.941. The number of methoxy groups -OCH3 is 1. The molecule has 5 nitrogen and oxygen atoms in total. The zero-order valence-electron chi connectivity index (χ0n) is 12.7. The topological polar surface area (TPSA) is 52.0 Å². The standard InChI is InChI=1S/C16H22N4O/c1-20-16(18-11-19-20)7-8-17-14-5-3-12-4-6-15(21-2)10-13(12)9-14/h4,6,10-11,14,17H,3,5,7-9H2,1-2H3. The summed E-state index contributed by atoms with van der Waals surface area (Å²) in [6, 6.07) is 6.97. The molecule has 0 amide bonds. The molecule has 0 saturated heterocycles. The van der Waals surface area contributed by atoms with Crippen LogP contribution in [0, 0.1) is 0 Å². The maximum atomic E-state index is 5.32. The van der Waals surface area contributed by atoms with Crippen LogP contribution in [0.2, 0.25) is 0 Å². The van der Waals surface area contributed by atoms with Crippen LogP contribution in [0.15, 0.2) is 24.5 Å². The van der Waals surface area contributed by atoms with E-state index >= 15 is 0 Å². The predicted molar refractivity (Wildman–Crippen MR) is 81.5 cm³/mol. The van der Waals surface area contributed by atoms with E-state index in [9.17, 15) is 0 Å². The Labute approximate surface area is 125 Å². The molecule has 2 aromatic rings. The molecule has 1 aromatic heterocycles. The minimum absolute atomic E-state index is 0.540. The lowest BCUT2D eigenvalue weighted by atomic mass is 9.88. The van der Waals surface area contributed by atoms with Gasteiger partial charge in [0.25, 0.3) is 0 Å². The van der Waals surface area contributed by atoms with Crippen molar-refractivity contribution in [3.05, 3.63) is 41.5 Å². The van der Waals surface area contributed by atoms with Gasteiger partial charge in [-0.25, -0.2) is 4.98 Å². The van der Waals surface area contributed by atoms with Crippen LogP contribution >= 0.6 is 0 Å². The van der Waals surface area contributed by atoms with E-state index < -0.39 is 0 Å². The maximum Gasteiger partial charge on any atom is 0.138 e. The Kier molecular flexibility index (Phi) is 4.20. The highest BCUT2D eigenvalue weighted by atomic mass is 16.5. The van der Waals surface area contributed by atoms with Crippen molar-refractivity contribution in [1.82, 2.24) is 20.1 Å². The van der Waals surface area contributed by atoms with Gasteiger partial charge in [0.2, 0.25) is 0 Å². The van der Waals surface area contributed by atoms with Crippen molar-refractivity contribution >= 4 is 0 Å². The summed E-state index contributed by atoms with van der Waals surface area (Å²) >= 11 is 0. The van der Waals surface area contributed by atoms with E-state index in [1.165, 1.54) is 17.5 Å². The summed E-state index contributed by atoms with van der Waals surface area (Å²) in [7, 11) is 3.66. The molecule has 1 N–H and O–H groups in total. The Morgan fingerprint density at radius 2 is 2.29 bits per heavy atom. The Morgan fingerprint density at radius 3 is 3.05 bits per heavy atom. The Hall–Kier alpha value is -1.88. The fourth-order valence-electron chi connectivity index (χ4n) is 2.97. The molecule has 0 fully saturated rings. The molecule has 21 heavy (non-hydrogen) atoms. The quantitative estimate of drug-likeness (QED) is 0.905.